The lowest BCUT2D eigenvalue weighted by Crippen LogP contribution is -2.49. The number of hydrogen-bond acceptors (Lipinski definition) is 5. The summed E-state index contributed by atoms with van der Waals surface area (Å²) in [6, 6.07) is 5.34. The molecule has 1 N–H and O–H groups in total. The second kappa shape index (κ2) is 9.54. The minimum absolute atomic E-state index is 0.0864. The molecule has 7 heteroatoms. The molecule has 2 aromatic rings. The summed E-state index contributed by atoms with van der Waals surface area (Å²) in [5, 5.41) is 4.51. The molecular weight excluding hydrogens is 378 g/mol. The standard InChI is InChI=1S/C21H28ClN3O3/c1-3-5-23-20(26)14-25-8-6-24(7-9-25)13-16-11-21(27)28-19-10-15(4-2)18(22)12-17(16)19/h10-12H,3-9,13-14H2,1-2H3,(H,23,26). The molecular formula is C21H28ClN3O3. The maximum absolute atomic E-state index is 12.0. The van der Waals surface area contributed by atoms with E-state index in [0.717, 1.165) is 62.1 Å². The average Bonchev–Trinajstić information content (AvgIpc) is 2.68. The van der Waals surface area contributed by atoms with Gasteiger partial charge in [-0.05, 0) is 36.1 Å². The second-order valence-electron chi connectivity index (χ2n) is 7.29. The first-order valence-electron chi connectivity index (χ1n) is 9.96. The second-order valence-corrected chi connectivity index (χ2v) is 7.69. The zero-order chi connectivity index (χ0) is 20.1. The molecule has 2 heterocycles. The number of piperazine rings is 1. The fraction of sp³-hybridized carbons (Fsp3) is 0.524. The molecule has 0 spiro atoms. The van der Waals surface area contributed by atoms with Crippen molar-refractivity contribution >= 4 is 28.5 Å². The number of halogens is 1. The Morgan fingerprint density at radius 3 is 2.50 bits per heavy atom. The van der Waals surface area contributed by atoms with E-state index in [-0.39, 0.29) is 11.5 Å². The zero-order valence-corrected chi connectivity index (χ0v) is 17.3. The summed E-state index contributed by atoms with van der Waals surface area (Å²) in [6.45, 7) is 9.28. The molecule has 3 rings (SSSR count). The third-order valence-electron chi connectivity index (χ3n) is 5.18. The largest absolute Gasteiger partial charge is 0.423 e. The van der Waals surface area contributed by atoms with Crippen LogP contribution in [0.1, 0.15) is 31.4 Å². The van der Waals surface area contributed by atoms with Gasteiger partial charge in [0.2, 0.25) is 5.91 Å². The van der Waals surface area contributed by atoms with Crippen LogP contribution in [0.2, 0.25) is 5.02 Å². The summed E-state index contributed by atoms with van der Waals surface area (Å²) in [7, 11) is 0. The molecule has 1 aromatic heterocycles. The van der Waals surface area contributed by atoms with E-state index in [2.05, 4.69) is 15.1 Å². The maximum Gasteiger partial charge on any atom is 0.336 e. The number of rotatable bonds is 7. The van der Waals surface area contributed by atoms with Gasteiger partial charge in [0.15, 0.2) is 0 Å². The van der Waals surface area contributed by atoms with E-state index in [0.29, 0.717) is 23.7 Å². The Morgan fingerprint density at radius 1 is 1.11 bits per heavy atom. The molecule has 1 aromatic carbocycles. The van der Waals surface area contributed by atoms with Crippen LogP contribution < -0.4 is 10.9 Å². The Bertz CT molecular complexity index is 888. The molecule has 0 atom stereocenters. The maximum atomic E-state index is 12.0. The monoisotopic (exact) mass is 405 g/mol. The molecule has 1 fully saturated rings. The van der Waals surface area contributed by atoms with E-state index >= 15 is 0 Å². The van der Waals surface area contributed by atoms with Gasteiger partial charge >= 0.3 is 5.63 Å². The molecule has 0 radical (unpaired) electrons. The summed E-state index contributed by atoms with van der Waals surface area (Å²) < 4.78 is 5.40. The van der Waals surface area contributed by atoms with Gasteiger partial charge in [-0.3, -0.25) is 14.6 Å². The molecule has 0 aliphatic carbocycles. The van der Waals surface area contributed by atoms with Crippen LogP contribution in [0.25, 0.3) is 11.0 Å². The van der Waals surface area contributed by atoms with Crippen LogP contribution in [-0.2, 0) is 17.8 Å². The highest BCUT2D eigenvalue weighted by molar-refractivity contribution is 6.32. The molecule has 0 unspecified atom stereocenters. The number of hydrogen-bond donors (Lipinski definition) is 1. The van der Waals surface area contributed by atoms with Gasteiger partial charge in [0.25, 0.3) is 0 Å². The van der Waals surface area contributed by atoms with Crippen LogP contribution in [-0.4, -0.2) is 55.0 Å². The quantitative estimate of drug-likeness (QED) is 0.717. The predicted octanol–water partition coefficient (Wildman–Crippen LogP) is 2.65. The lowest BCUT2D eigenvalue weighted by molar-refractivity contribution is -0.122. The highest BCUT2D eigenvalue weighted by Gasteiger charge is 2.20. The number of benzene rings is 1. The number of carbonyl (C=O) groups excluding carboxylic acids is 1. The third kappa shape index (κ3) is 5.13. The molecule has 1 aliphatic heterocycles. The van der Waals surface area contributed by atoms with E-state index in [1.807, 2.05) is 26.0 Å². The van der Waals surface area contributed by atoms with Crippen molar-refractivity contribution in [3.63, 3.8) is 0 Å². The predicted molar refractivity (Wildman–Crippen MR) is 112 cm³/mol. The van der Waals surface area contributed by atoms with Gasteiger partial charge in [0, 0.05) is 55.7 Å². The molecule has 1 aliphatic rings. The third-order valence-corrected chi connectivity index (χ3v) is 5.53. The summed E-state index contributed by atoms with van der Waals surface area (Å²) in [5.41, 5.74) is 2.17. The topological polar surface area (TPSA) is 65.8 Å². The van der Waals surface area contributed by atoms with Gasteiger partial charge in [-0.15, -0.1) is 0 Å². The number of amides is 1. The Balaban J connectivity index is 1.66. The number of carbonyl (C=O) groups is 1. The number of nitrogens with zero attached hydrogens (tertiary/aromatic N) is 2. The highest BCUT2D eigenvalue weighted by Crippen LogP contribution is 2.27. The highest BCUT2D eigenvalue weighted by atomic mass is 35.5. The van der Waals surface area contributed by atoms with E-state index in [1.165, 1.54) is 0 Å². The van der Waals surface area contributed by atoms with E-state index in [9.17, 15) is 9.59 Å². The normalized spacial score (nSPS) is 15.8. The summed E-state index contributed by atoms with van der Waals surface area (Å²) in [4.78, 5) is 28.4. The lowest BCUT2D eigenvalue weighted by Gasteiger charge is -2.34. The molecule has 28 heavy (non-hydrogen) atoms. The van der Waals surface area contributed by atoms with Gasteiger partial charge < -0.3 is 9.73 Å². The fourth-order valence-electron chi connectivity index (χ4n) is 3.56. The minimum Gasteiger partial charge on any atom is -0.423 e. The van der Waals surface area contributed by atoms with E-state index < -0.39 is 0 Å². The van der Waals surface area contributed by atoms with Gasteiger partial charge in [-0.1, -0.05) is 25.4 Å². The van der Waals surface area contributed by atoms with Crippen molar-refractivity contribution in [2.45, 2.75) is 33.2 Å². The van der Waals surface area contributed by atoms with Crippen molar-refractivity contribution in [1.82, 2.24) is 15.1 Å². The number of aryl methyl sites for hydroxylation is 1. The first kappa shape index (κ1) is 20.8. The van der Waals surface area contributed by atoms with Gasteiger partial charge in [0.05, 0.1) is 6.54 Å². The summed E-state index contributed by atoms with van der Waals surface area (Å²) >= 11 is 6.38. The molecule has 6 nitrogen and oxygen atoms in total. The van der Waals surface area contributed by atoms with Gasteiger partial charge in [-0.2, -0.15) is 0 Å². The smallest absolute Gasteiger partial charge is 0.336 e. The molecule has 152 valence electrons. The van der Waals surface area contributed by atoms with Gasteiger partial charge in [0.1, 0.15) is 5.58 Å². The minimum atomic E-state index is -0.335. The van der Waals surface area contributed by atoms with Crippen molar-refractivity contribution < 1.29 is 9.21 Å². The summed E-state index contributed by atoms with van der Waals surface area (Å²) in [5.74, 6) is 0.0864. The summed E-state index contributed by atoms with van der Waals surface area (Å²) in [6.07, 6.45) is 1.73. The van der Waals surface area contributed by atoms with Crippen molar-refractivity contribution in [1.29, 1.82) is 0 Å². The number of nitrogens with one attached hydrogen (secondary N) is 1. The zero-order valence-electron chi connectivity index (χ0n) is 16.6. The Labute approximate surface area is 170 Å². The Hall–Kier alpha value is -1.89. The van der Waals surface area contributed by atoms with Crippen LogP contribution in [0.4, 0.5) is 0 Å². The van der Waals surface area contributed by atoms with Crippen molar-refractivity contribution in [2.24, 2.45) is 0 Å². The fourth-order valence-corrected chi connectivity index (χ4v) is 3.86. The van der Waals surface area contributed by atoms with Crippen molar-refractivity contribution in [3.05, 3.63) is 44.8 Å². The van der Waals surface area contributed by atoms with Crippen LogP contribution in [0, 0.1) is 0 Å². The number of fused-ring (bicyclic) bond motifs is 1. The lowest BCUT2D eigenvalue weighted by atomic mass is 10.1. The van der Waals surface area contributed by atoms with Crippen LogP contribution >= 0.6 is 11.6 Å². The van der Waals surface area contributed by atoms with Crippen LogP contribution in [0.3, 0.4) is 0 Å². The van der Waals surface area contributed by atoms with Crippen LogP contribution in [0.5, 0.6) is 0 Å². The Morgan fingerprint density at radius 2 is 1.82 bits per heavy atom. The van der Waals surface area contributed by atoms with E-state index in [1.54, 1.807) is 6.07 Å². The first-order valence-corrected chi connectivity index (χ1v) is 10.3. The van der Waals surface area contributed by atoms with Crippen molar-refractivity contribution in [3.8, 4) is 0 Å². The van der Waals surface area contributed by atoms with Gasteiger partial charge in [-0.25, -0.2) is 4.79 Å². The molecule has 1 amide bonds. The van der Waals surface area contributed by atoms with Crippen LogP contribution in [0.15, 0.2) is 27.4 Å². The average molecular weight is 406 g/mol. The first-order chi connectivity index (χ1) is 13.5. The molecule has 0 saturated carbocycles. The van der Waals surface area contributed by atoms with Crippen molar-refractivity contribution in [2.75, 3.05) is 39.3 Å². The molecule has 1 saturated heterocycles. The van der Waals surface area contributed by atoms with E-state index in [4.69, 9.17) is 16.0 Å². The molecule has 0 bridgehead atoms. The Kier molecular flexibility index (Phi) is 7.10. The SMILES string of the molecule is CCCNC(=O)CN1CCN(Cc2cc(=O)oc3cc(CC)c(Cl)cc23)CC1.